The van der Waals surface area contributed by atoms with Crippen LogP contribution in [0.2, 0.25) is 0 Å². The molecule has 3 aromatic rings. The molecule has 0 saturated carbocycles. The number of pyridine rings is 1. The molecule has 1 aromatic carbocycles. The van der Waals surface area contributed by atoms with Gasteiger partial charge in [0, 0.05) is 18.4 Å². The molecule has 0 unspecified atom stereocenters. The molecule has 0 spiro atoms. The molecule has 10 heteroatoms. The molecule has 2 aromatic heterocycles. The second-order valence-corrected chi connectivity index (χ2v) is 7.31. The Labute approximate surface area is 176 Å². The number of alkyl halides is 3. The molecule has 1 aliphatic rings. The number of amides is 1. The number of anilines is 2. The summed E-state index contributed by atoms with van der Waals surface area (Å²) in [5.41, 5.74) is -0.711. The van der Waals surface area contributed by atoms with E-state index in [2.05, 4.69) is 25.8 Å². The van der Waals surface area contributed by atoms with Gasteiger partial charge in [0.2, 0.25) is 11.8 Å². The van der Waals surface area contributed by atoms with Gasteiger partial charge in [0.1, 0.15) is 11.2 Å². The van der Waals surface area contributed by atoms with Crippen LogP contribution < -0.4 is 10.6 Å². The van der Waals surface area contributed by atoms with Crippen molar-refractivity contribution in [1.82, 2.24) is 20.5 Å². The number of carbonyl (C=O) groups is 1. The van der Waals surface area contributed by atoms with Crippen molar-refractivity contribution in [3.63, 3.8) is 0 Å². The number of nitrogens with one attached hydrogen (secondary N) is 2. The van der Waals surface area contributed by atoms with Crippen LogP contribution in [0.5, 0.6) is 0 Å². The highest BCUT2D eigenvalue weighted by molar-refractivity contribution is 5.87. The van der Waals surface area contributed by atoms with Crippen LogP contribution in [0.1, 0.15) is 37.6 Å². The van der Waals surface area contributed by atoms with Crippen molar-refractivity contribution in [3.8, 4) is 11.5 Å². The molecule has 1 amide bonds. The van der Waals surface area contributed by atoms with Crippen LogP contribution in [0, 0.1) is 0 Å². The SMILES string of the molecule is CC[C@@]1(c2nnc(-c3cccnc3Nc3ccc(C(F)(F)F)cc3)o2)CCCNC1=O. The lowest BCUT2D eigenvalue weighted by Gasteiger charge is -2.31. The first-order valence-corrected chi connectivity index (χ1v) is 9.85. The van der Waals surface area contributed by atoms with Crippen molar-refractivity contribution < 1.29 is 22.4 Å². The smallest absolute Gasteiger partial charge is 0.416 e. The van der Waals surface area contributed by atoms with E-state index in [4.69, 9.17) is 4.42 Å². The number of rotatable bonds is 5. The van der Waals surface area contributed by atoms with Gasteiger partial charge in [-0.3, -0.25) is 4.79 Å². The Morgan fingerprint density at radius 1 is 1.19 bits per heavy atom. The van der Waals surface area contributed by atoms with E-state index in [-0.39, 0.29) is 17.7 Å². The molecule has 0 radical (unpaired) electrons. The van der Waals surface area contributed by atoms with Gasteiger partial charge in [-0.1, -0.05) is 6.92 Å². The van der Waals surface area contributed by atoms with Crippen LogP contribution in [-0.2, 0) is 16.4 Å². The number of hydrogen-bond acceptors (Lipinski definition) is 6. The third kappa shape index (κ3) is 3.97. The topological polar surface area (TPSA) is 92.9 Å². The minimum Gasteiger partial charge on any atom is -0.419 e. The Hall–Kier alpha value is -3.43. The molecule has 0 aliphatic carbocycles. The molecule has 4 rings (SSSR count). The molecule has 162 valence electrons. The van der Waals surface area contributed by atoms with Gasteiger partial charge in [-0.25, -0.2) is 4.98 Å². The van der Waals surface area contributed by atoms with E-state index >= 15 is 0 Å². The summed E-state index contributed by atoms with van der Waals surface area (Å²) in [6.07, 6.45) is -0.930. The Kier molecular flexibility index (Phi) is 5.38. The van der Waals surface area contributed by atoms with Crippen molar-refractivity contribution in [2.75, 3.05) is 11.9 Å². The number of halogens is 3. The Morgan fingerprint density at radius 2 is 1.97 bits per heavy atom. The molecule has 3 heterocycles. The number of nitrogens with zero attached hydrogens (tertiary/aromatic N) is 3. The van der Waals surface area contributed by atoms with Crippen LogP contribution in [0.3, 0.4) is 0 Å². The third-order valence-electron chi connectivity index (χ3n) is 5.45. The molecule has 1 atom stereocenters. The minimum atomic E-state index is -4.41. The lowest BCUT2D eigenvalue weighted by Crippen LogP contribution is -2.48. The molecular formula is C21H20F3N5O2. The van der Waals surface area contributed by atoms with Crippen LogP contribution in [-0.4, -0.2) is 27.6 Å². The highest BCUT2D eigenvalue weighted by Gasteiger charge is 2.45. The monoisotopic (exact) mass is 431 g/mol. The average Bonchev–Trinajstić information content (AvgIpc) is 3.25. The Morgan fingerprint density at radius 3 is 2.65 bits per heavy atom. The number of benzene rings is 1. The maximum atomic E-state index is 12.8. The molecule has 0 bridgehead atoms. The summed E-state index contributed by atoms with van der Waals surface area (Å²) in [6.45, 7) is 2.52. The molecule has 1 fully saturated rings. The highest BCUT2D eigenvalue weighted by atomic mass is 19.4. The summed E-state index contributed by atoms with van der Waals surface area (Å²) in [7, 11) is 0. The van der Waals surface area contributed by atoms with Gasteiger partial charge >= 0.3 is 6.18 Å². The summed E-state index contributed by atoms with van der Waals surface area (Å²) in [6, 6.07) is 8.00. The minimum absolute atomic E-state index is 0.134. The van der Waals surface area contributed by atoms with Crippen molar-refractivity contribution >= 4 is 17.4 Å². The van der Waals surface area contributed by atoms with Crippen LogP contribution >= 0.6 is 0 Å². The van der Waals surface area contributed by atoms with Crippen molar-refractivity contribution in [3.05, 3.63) is 54.0 Å². The zero-order valence-corrected chi connectivity index (χ0v) is 16.7. The first-order valence-electron chi connectivity index (χ1n) is 9.85. The molecule has 7 nitrogen and oxygen atoms in total. The van der Waals surface area contributed by atoms with Gasteiger partial charge in [0.05, 0.1) is 11.1 Å². The van der Waals surface area contributed by atoms with E-state index in [1.54, 1.807) is 12.1 Å². The van der Waals surface area contributed by atoms with Crippen LogP contribution in [0.15, 0.2) is 47.0 Å². The number of aromatic nitrogens is 3. The van der Waals surface area contributed by atoms with Gasteiger partial charge in [-0.05, 0) is 55.7 Å². The summed E-state index contributed by atoms with van der Waals surface area (Å²) in [4.78, 5) is 16.8. The van der Waals surface area contributed by atoms with Gasteiger partial charge in [-0.2, -0.15) is 13.2 Å². The largest absolute Gasteiger partial charge is 0.419 e. The van der Waals surface area contributed by atoms with Crippen molar-refractivity contribution in [2.45, 2.75) is 37.8 Å². The third-order valence-corrected chi connectivity index (χ3v) is 5.45. The van der Waals surface area contributed by atoms with Gasteiger partial charge in [0.15, 0.2) is 0 Å². The fourth-order valence-electron chi connectivity index (χ4n) is 3.65. The normalized spacial score (nSPS) is 19.2. The summed E-state index contributed by atoms with van der Waals surface area (Å²) < 4.78 is 44.3. The zero-order valence-electron chi connectivity index (χ0n) is 16.7. The summed E-state index contributed by atoms with van der Waals surface area (Å²) in [5.74, 6) is 0.622. The fraction of sp³-hybridized carbons (Fsp3) is 0.333. The number of hydrogen-bond donors (Lipinski definition) is 2. The van der Waals surface area contributed by atoms with E-state index in [0.717, 1.165) is 18.6 Å². The van der Waals surface area contributed by atoms with E-state index in [9.17, 15) is 18.0 Å². The lowest BCUT2D eigenvalue weighted by atomic mass is 9.77. The molecule has 1 aliphatic heterocycles. The zero-order chi connectivity index (χ0) is 22.1. The van der Waals surface area contributed by atoms with Gasteiger partial charge in [0.25, 0.3) is 5.89 Å². The molecular weight excluding hydrogens is 411 g/mol. The number of piperidine rings is 1. The van der Waals surface area contributed by atoms with Gasteiger partial charge in [-0.15, -0.1) is 10.2 Å². The van der Waals surface area contributed by atoms with Crippen molar-refractivity contribution in [2.24, 2.45) is 0 Å². The van der Waals surface area contributed by atoms with E-state index in [0.29, 0.717) is 36.5 Å². The fourth-order valence-corrected chi connectivity index (χ4v) is 3.65. The van der Waals surface area contributed by atoms with Crippen molar-refractivity contribution in [1.29, 1.82) is 0 Å². The molecule has 2 N–H and O–H groups in total. The molecule has 1 saturated heterocycles. The quantitative estimate of drug-likeness (QED) is 0.620. The summed E-state index contributed by atoms with van der Waals surface area (Å²) >= 11 is 0. The second-order valence-electron chi connectivity index (χ2n) is 7.31. The van der Waals surface area contributed by atoms with E-state index in [1.165, 1.54) is 18.3 Å². The first kappa shape index (κ1) is 20.8. The average molecular weight is 431 g/mol. The van der Waals surface area contributed by atoms with Crippen LogP contribution in [0.4, 0.5) is 24.7 Å². The van der Waals surface area contributed by atoms with Crippen LogP contribution in [0.25, 0.3) is 11.5 Å². The standard InChI is InChI=1S/C21H20F3N5O2/c1-2-20(10-4-12-26-18(20)30)19-29-28-17(31-19)15-5-3-11-25-16(15)27-14-8-6-13(7-9-14)21(22,23)24/h3,5-9,11H,2,4,10,12H2,1H3,(H,25,27)(H,26,30)/t20-/m1/s1. The maximum Gasteiger partial charge on any atom is 0.416 e. The lowest BCUT2D eigenvalue weighted by molar-refractivity contribution is -0.137. The Balaban J connectivity index is 1.63. The predicted octanol–water partition coefficient (Wildman–Crippen LogP) is 4.45. The highest BCUT2D eigenvalue weighted by Crippen LogP contribution is 2.37. The maximum absolute atomic E-state index is 12.8. The first-order chi connectivity index (χ1) is 14.8. The summed E-state index contributed by atoms with van der Waals surface area (Å²) in [5, 5.41) is 14.1. The second kappa shape index (κ2) is 8.01. The Bertz CT molecular complexity index is 1080. The predicted molar refractivity (Wildman–Crippen MR) is 106 cm³/mol. The van der Waals surface area contributed by atoms with E-state index < -0.39 is 17.2 Å². The molecule has 31 heavy (non-hydrogen) atoms. The number of carbonyl (C=O) groups excluding carboxylic acids is 1. The van der Waals surface area contributed by atoms with Gasteiger partial charge < -0.3 is 15.1 Å². The van der Waals surface area contributed by atoms with E-state index in [1.807, 2.05) is 6.92 Å².